The summed E-state index contributed by atoms with van der Waals surface area (Å²) in [6, 6.07) is 7.38. The van der Waals surface area contributed by atoms with E-state index in [0.717, 1.165) is 6.54 Å². The molecule has 1 saturated heterocycles. The number of benzene rings is 1. The van der Waals surface area contributed by atoms with E-state index >= 15 is 0 Å². The lowest BCUT2D eigenvalue weighted by Gasteiger charge is -2.16. The molecule has 1 aliphatic rings. The van der Waals surface area contributed by atoms with Gasteiger partial charge in [-0.25, -0.2) is 4.79 Å². The molecule has 2 N–H and O–H groups in total. The monoisotopic (exact) mass is 260 g/mol. The minimum Gasteiger partial charge on any atom is -0.495 e. The predicted molar refractivity (Wildman–Crippen MR) is 71.2 cm³/mol. The van der Waals surface area contributed by atoms with E-state index in [1.54, 1.807) is 30.2 Å². The average molecular weight is 260 g/mol. The number of amides is 2. The summed E-state index contributed by atoms with van der Waals surface area (Å²) in [6.45, 7) is 2.58. The summed E-state index contributed by atoms with van der Waals surface area (Å²) in [6.07, 6.45) is 0. The van der Waals surface area contributed by atoms with Crippen molar-refractivity contribution in [3.8, 4) is 11.8 Å². The summed E-state index contributed by atoms with van der Waals surface area (Å²) in [5.74, 6) is 0.630. The van der Waals surface area contributed by atoms with E-state index in [9.17, 15) is 4.79 Å². The van der Waals surface area contributed by atoms with Crippen LogP contribution < -0.4 is 15.4 Å². The van der Waals surface area contributed by atoms with Gasteiger partial charge in [0.15, 0.2) is 0 Å². The molecule has 0 atom stereocenters. The fourth-order valence-corrected chi connectivity index (χ4v) is 2.02. The molecule has 19 heavy (non-hydrogen) atoms. The van der Waals surface area contributed by atoms with Crippen LogP contribution in [-0.2, 0) is 0 Å². The standard InChI is InChI=1S/C13H16N4O2/c1-19-11-4-2-3-10(9-14)12(11)15-5-7-17-8-6-16-13(17)18/h2-4,15H,5-8H2,1H3,(H,16,18). The second-order valence-electron chi connectivity index (χ2n) is 4.14. The normalized spacial score (nSPS) is 13.9. The summed E-state index contributed by atoms with van der Waals surface area (Å²) in [5, 5.41) is 15.0. The largest absolute Gasteiger partial charge is 0.495 e. The number of hydrogen-bond donors (Lipinski definition) is 2. The Kier molecular flexibility index (Phi) is 4.08. The van der Waals surface area contributed by atoms with Gasteiger partial charge in [-0.05, 0) is 12.1 Å². The number of nitrogens with zero attached hydrogens (tertiary/aromatic N) is 2. The molecule has 0 spiro atoms. The van der Waals surface area contributed by atoms with E-state index in [-0.39, 0.29) is 6.03 Å². The maximum Gasteiger partial charge on any atom is 0.317 e. The fraction of sp³-hybridized carbons (Fsp3) is 0.385. The van der Waals surface area contributed by atoms with Crippen LogP contribution in [0.2, 0.25) is 0 Å². The molecule has 1 heterocycles. The third-order valence-corrected chi connectivity index (χ3v) is 3.00. The zero-order valence-corrected chi connectivity index (χ0v) is 10.8. The molecule has 6 heteroatoms. The Bertz CT molecular complexity index is 510. The number of carbonyl (C=O) groups excluding carboxylic acids is 1. The number of nitrogens with one attached hydrogen (secondary N) is 2. The number of anilines is 1. The van der Waals surface area contributed by atoms with Gasteiger partial charge < -0.3 is 20.3 Å². The first kappa shape index (κ1) is 13.0. The first-order valence-electron chi connectivity index (χ1n) is 6.10. The lowest BCUT2D eigenvalue weighted by molar-refractivity contribution is 0.219. The number of ether oxygens (including phenoxy) is 1. The summed E-state index contributed by atoms with van der Waals surface area (Å²) < 4.78 is 5.22. The Labute approximate surface area is 112 Å². The number of hydrogen-bond acceptors (Lipinski definition) is 4. The summed E-state index contributed by atoms with van der Waals surface area (Å²) >= 11 is 0. The van der Waals surface area contributed by atoms with Crippen molar-refractivity contribution >= 4 is 11.7 Å². The lowest BCUT2D eigenvalue weighted by atomic mass is 10.2. The Morgan fingerprint density at radius 2 is 2.42 bits per heavy atom. The predicted octanol–water partition coefficient (Wildman–Crippen LogP) is 1.00. The van der Waals surface area contributed by atoms with Crippen molar-refractivity contribution < 1.29 is 9.53 Å². The minimum atomic E-state index is -0.0395. The molecule has 2 amide bonds. The first-order valence-corrected chi connectivity index (χ1v) is 6.10. The highest BCUT2D eigenvalue weighted by Crippen LogP contribution is 2.27. The minimum absolute atomic E-state index is 0.0395. The van der Waals surface area contributed by atoms with Crippen LogP contribution in [0.1, 0.15) is 5.56 Å². The Hall–Kier alpha value is -2.42. The van der Waals surface area contributed by atoms with E-state index < -0.39 is 0 Å². The maximum atomic E-state index is 11.4. The van der Waals surface area contributed by atoms with Gasteiger partial charge in [-0.3, -0.25) is 0 Å². The quantitative estimate of drug-likeness (QED) is 0.828. The molecule has 1 aromatic rings. The van der Waals surface area contributed by atoms with Crippen LogP contribution in [0, 0.1) is 11.3 Å². The van der Waals surface area contributed by atoms with Crippen LogP contribution in [0.25, 0.3) is 0 Å². The SMILES string of the molecule is COc1cccc(C#N)c1NCCN1CCNC1=O. The van der Waals surface area contributed by atoms with Gasteiger partial charge in [0, 0.05) is 26.2 Å². The van der Waals surface area contributed by atoms with Crippen LogP contribution in [0.5, 0.6) is 5.75 Å². The van der Waals surface area contributed by atoms with Crippen LogP contribution >= 0.6 is 0 Å². The molecule has 1 fully saturated rings. The average Bonchev–Trinajstić information content (AvgIpc) is 2.84. The molecule has 1 aliphatic heterocycles. The molecule has 0 aliphatic carbocycles. The van der Waals surface area contributed by atoms with E-state index in [2.05, 4.69) is 16.7 Å². The fourth-order valence-electron chi connectivity index (χ4n) is 2.02. The van der Waals surface area contributed by atoms with Crippen molar-refractivity contribution in [1.29, 1.82) is 5.26 Å². The van der Waals surface area contributed by atoms with Gasteiger partial charge in [-0.2, -0.15) is 5.26 Å². The van der Waals surface area contributed by atoms with Gasteiger partial charge >= 0.3 is 6.03 Å². The van der Waals surface area contributed by atoms with Gasteiger partial charge in [0.2, 0.25) is 0 Å². The zero-order valence-electron chi connectivity index (χ0n) is 10.8. The highest BCUT2D eigenvalue weighted by atomic mass is 16.5. The van der Waals surface area contributed by atoms with Crippen molar-refractivity contribution in [1.82, 2.24) is 10.2 Å². The molecule has 1 aromatic carbocycles. The van der Waals surface area contributed by atoms with E-state index in [4.69, 9.17) is 10.00 Å². The summed E-state index contributed by atoms with van der Waals surface area (Å²) in [5.41, 5.74) is 1.21. The van der Waals surface area contributed by atoms with Crippen LogP contribution in [-0.4, -0.2) is 44.2 Å². The van der Waals surface area contributed by atoms with E-state index in [1.165, 1.54) is 0 Å². The molecular formula is C13H16N4O2. The number of methoxy groups -OCH3 is 1. The molecule has 0 bridgehead atoms. The van der Waals surface area contributed by atoms with E-state index in [1.807, 2.05) is 0 Å². The van der Waals surface area contributed by atoms with Gasteiger partial charge in [0.1, 0.15) is 11.8 Å². The summed E-state index contributed by atoms with van der Waals surface area (Å²) in [4.78, 5) is 13.1. The lowest BCUT2D eigenvalue weighted by Crippen LogP contribution is -2.32. The van der Waals surface area contributed by atoms with Gasteiger partial charge in [-0.1, -0.05) is 6.07 Å². The third kappa shape index (κ3) is 2.88. The van der Waals surface area contributed by atoms with Crippen molar-refractivity contribution in [3.05, 3.63) is 23.8 Å². The Balaban J connectivity index is 1.99. The van der Waals surface area contributed by atoms with Crippen molar-refractivity contribution in [2.45, 2.75) is 0 Å². The maximum absolute atomic E-state index is 11.4. The number of nitriles is 1. The van der Waals surface area contributed by atoms with Gasteiger partial charge in [0.25, 0.3) is 0 Å². The molecule has 6 nitrogen and oxygen atoms in total. The Morgan fingerprint density at radius 1 is 1.58 bits per heavy atom. The second kappa shape index (κ2) is 5.96. The molecule has 0 radical (unpaired) electrons. The van der Waals surface area contributed by atoms with Gasteiger partial charge in [0.05, 0.1) is 18.4 Å². The number of carbonyl (C=O) groups is 1. The first-order chi connectivity index (χ1) is 9.26. The third-order valence-electron chi connectivity index (χ3n) is 3.00. The van der Waals surface area contributed by atoms with Crippen LogP contribution in [0.3, 0.4) is 0 Å². The zero-order chi connectivity index (χ0) is 13.7. The number of rotatable bonds is 5. The molecule has 2 rings (SSSR count). The molecule has 0 aromatic heterocycles. The number of urea groups is 1. The highest BCUT2D eigenvalue weighted by Gasteiger charge is 2.18. The van der Waals surface area contributed by atoms with E-state index in [0.29, 0.717) is 36.6 Å². The highest BCUT2D eigenvalue weighted by molar-refractivity contribution is 5.76. The topological polar surface area (TPSA) is 77.4 Å². The molecule has 0 saturated carbocycles. The molecule has 0 unspecified atom stereocenters. The Morgan fingerprint density at radius 3 is 3.05 bits per heavy atom. The van der Waals surface area contributed by atoms with Crippen molar-refractivity contribution in [2.75, 3.05) is 38.6 Å². The summed E-state index contributed by atoms with van der Waals surface area (Å²) in [7, 11) is 1.57. The molecule has 100 valence electrons. The second-order valence-corrected chi connectivity index (χ2v) is 4.14. The molecular weight excluding hydrogens is 244 g/mol. The van der Waals surface area contributed by atoms with Gasteiger partial charge in [-0.15, -0.1) is 0 Å². The van der Waals surface area contributed by atoms with Crippen molar-refractivity contribution in [2.24, 2.45) is 0 Å². The van der Waals surface area contributed by atoms with Crippen LogP contribution in [0.15, 0.2) is 18.2 Å². The smallest absolute Gasteiger partial charge is 0.317 e. The van der Waals surface area contributed by atoms with Crippen LogP contribution in [0.4, 0.5) is 10.5 Å². The van der Waals surface area contributed by atoms with Crippen molar-refractivity contribution in [3.63, 3.8) is 0 Å². The number of para-hydroxylation sites is 1.